The van der Waals surface area contributed by atoms with Crippen LogP contribution in [0.25, 0.3) is 0 Å². The zero-order valence-electron chi connectivity index (χ0n) is 11.2. The van der Waals surface area contributed by atoms with Gasteiger partial charge in [-0.25, -0.2) is 0 Å². The number of esters is 2. The van der Waals surface area contributed by atoms with Crippen LogP contribution in [0.3, 0.4) is 0 Å². The Labute approximate surface area is 131 Å². The molecule has 0 aliphatic heterocycles. The summed E-state index contributed by atoms with van der Waals surface area (Å²) in [6.07, 6.45) is 0. The first-order chi connectivity index (χ1) is 9.42. The molecular formula is C11H18O6S3. The van der Waals surface area contributed by atoms with Crippen molar-refractivity contribution in [1.82, 2.24) is 0 Å². The molecule has 0 fully saturated rings. The monoisotopic (exact) mass is 342 g/mol. The Morgan fingerprint density at radius 2 is 1.35 bits per heavy atom. The molecule has 2 atom stereocenters. The average molecular weight is 342 g/mol. The molecule has 0 aromatic heterocycles. The van der Waals surface area contributed by atoms with Crippen LogP contribution in [0.5, 0.6) is 0 Å². The van der Waals surface area contributed by atoms with Crippen molar-refractivity contribution in [1.29, 1.82) is 0 Å². The van der Waals surface area contributed by atoms with Gasteiger partial charge in [0.1, 0.15) is 27.2 Å². The minimum atomic E-state index is -0.512. The molecule has 0 amide bonds. The summed E-state index contributed by atoms with van der Waals surface area (Å²) in [4.78, 5) is 22.9. The van der Waals surface area contributed by atoms with Gasteiger partial charge >= 0.3 is 11.9 Å². The summed E-state index contributed by atoms with van der Waals surface area (Å²) in [5.41, 5.74) is 0. The SMILES string of the molecule is CC(SC(=S)SC(C)C(=O)OCCO)C(=O)OCCO. The van der Waals surface area contributed by atoms with E-state index in [1.165, 1.54) is 0 Å². The number of thiocarbonyl (C=S) groups is 1. The Bertz CT molecular complexity index is 306. The van der Waals surface area contributed by atoms with Gasteiger partial charge in [-0.1, -0.05) is 35.7 Å². The van der Waals surface area contributed by atoms with E-state index in [-0.39, 0.29) is 26.4 Å². The summed E-state index contributed by atoms with van der Waals surface area (Å²) in [7, 11) is 0. The van der Waals surface area contributed by atoms with Gasteiger partial charge in [0.15, 0.2) is 0 Å². The first-order valence-electron chi connectivity index (χ1n) is 5.84. The van der Waals surface area contributed by atoms with Crippen LogP contribution in [0.1, 0.15) is 13.8 Å². The number of aliphatic hydroxyl groups is 2. The summed E-state index contributed by atoms with van der Waals surface area (Å²) in [6, 6.07) is 0. The largest absolute Gasteiger partial charge is 0.462 e. The molecule has 0 aliphatic carbocycles. The van der Waals surface area contributed by atoms with Gasteiger partial charge in [0.25, 0.3) is 0 Å². The zero-order valence-corrected chi connectivity index (χ0v) is 13.7. The molecule has 0 saturated carbocycles. The third-order valence-corrected chi connectivity index (χ3v) is 4.51. The van der Waals surface area contributed by atoms with Crippen molar-refractivity contribution in [2.75, 3.05) is 26.4 Å². The molecule has 0 aromatic carbocycles. The van der Waals surface area contributed by atoms with Crippen molar-refractivity contribution >= 4 is 51.2 Å². The predicted molar refractivity (Wildman–Crippen MR) is 82.8 cm³/mol. The van der Waals surface area contributed by atoms with Gasteiger partial charge < -0.3 is 19.7 Å². The summed E-state index contributed by atoms with van der Waals surface area (Å²) in [5.74, 6) is -0.940. The Hall–Kier alpha value is -0.350. The minimum Gasteiger partial charge on any atom is -0.462 e. The van der Waals surface area contributed by atoms with E-state index in [0.717, 1.165) is 23.5 Å². The lowest BCUT2D eigenvalue weighted by molar-refractivity contribution is -0.144. The van der Waals surface area contributed by atoms with Gasteiger partial charge in [0, 0.05) is 0 Å². The molecule has 20 heavy (non-hydrogen) atoms. The Balaban J connectivity index is 4.08. The number of hydrogen-bond acceptors (Lipinski definition) is 9. The van der Waals surface area contributed by atoms with Gasteiger partial charge in [-0.05, 0) is 13.8 Å². The number of carbonyl (C=O) groups excluding carboxylic acids is 2. The molecule has 0 heterocycles. The molecule has 9 heteroatoms. The first-order valence-corrected chi connectivity index (χ1v) is 8.01. The van der Waals surface area contributed by atoms with Crippen LogP contribution in [-0.2, 0) is 19.1 Å². The topological polar surface area (TPSA) is 93.1 Å². The highest BCUT2D eigenvalue weighted by molar-refractivity contribution is 8.47. The van der Waals surface area contributed by atoms with Crippen molar-refractivity contribution < 1.29 is 29.3 Å². The molecule has 6 nitrogen and oxygen atoms in total. The summed E-state index contributed by atoms with van der Waals surface area (Å²) >= 11 is 7.30. The number of thioether (sulfide) groups is 2. The molecule has 2 unspecified atom stereocenters. The van der Waals surface area contributed by atoms with Crippen molar-refractivity contribution in [2.45, 2.75) is 24.3 Å². The fraction of sp³-hybridized carbons (Fsp3) is 0.727. The number of carbonyl (C=O) groups is 2. The number of hydrogen-bond donors (Lipinski definition) is 2. The number of ether oxygens (including phenoxy) is 2. The van der Waals surface area contributed by atoms with Crippen molar-refractivity contribution in [2.24, 2.45) is 0 Å². The predicted octanol–water partition coefficient (Wildman–Crippen LogP) is 0.586. The zero-order chi connectivity index (χ0) is 15.5. The number of aliphatic hydroxyl groups excluding tert-OH is 2. The second kappa shape index (κ2) is 11.3. The lowest BCUT2D eigenvalue weighted by Gasteiger charge is -2.13. The van der Waals surface area contributed by atoms with Gasteiger partial charge in [-0.15, -0.1) is 0 Å². The van der Waals surface area contributed by atoms with Crippen LogP contribution < -0.4 is 0 Å². The molecule has 0 rings (SSSR count). The van der Waals surface area contributed by atoms with Crippen LogP contribution in [0.4, 0.5) is 0 Å². The van der Waals surface area contributed by atoms with Gasteiger partial charge in [-0.3, -0.25) is 9.59 Å². The molecular weight excluding hydrogens is 324 g/mol. The fourth-order valence-electron chi connectivity index (χ4n) is 0.940. The molecule has 0 bridgehead atoms. The van der Waals surface area contributed by atoms with E-state index >= 15 is 0 Å². The van der Waals surface area contributed by atoms with E-state index in [1.54, 1.807) is 13.8 Å². The summed E-state index contributed by atoms with van der Waals surface area (Å²) < 4.78 is 9.95. The van der Waals surface area contributed by atoms with E-state index in [2.05, 4.69) is 0 Å². The first kappa shape index (κ1) is 19.7. The number of rotatable bonds is 8. The van der Waals surface area contributed by atoms with E-state index in [4.69, 9.17) is 31.9 Å². The lowest BCUT2D eigenvalue weighted by atomic mass is 10.5. The molecule has 0 radical (unpaired) electrons. The van der Waals surface area contributed by atoms with Crippen LogP contribution in [0, 0.1) is 0 Å². The van der Waals surface area contributed by atoms with Gasteiger partial charge in [-0.2, -0.15) is 0 Å². The minimum absolute atomic E-state index is 0.0481. The average Bonchev–Trinajstić information content (AvgIpc) is 2.41. The quantitative estimate of drug-likeness (QED) is 0.485. The fourth-order valence-corrected chi connectivity index (χ4v) is 3.80. The maximum Gasteiger partial charge on any atom is 0.319 e. The van der Waals surface area contributed by atoms with Crippen molar-refractivity contribution in [3.05, 3.63) is 0 Å². The van der Waals surface area contributed by atoms with Crippen LogP contribution in [0.15, 0.2) is 0 Å². The Morgan fingerprint density at radius 1 is 1.00 bits per heavy atom. The molecule has 0 aromatic rings. The lowest BCUT2D eigenvalue weighted by Crippen LogP contribution is -2.22. The molecule has 0 aliphatic rings. The van der Waals surface area contributed by atoms with Crippen LogP contribution in [0.2, 0.25) is 0 Å². The van der Waals surface area contributed by atoms with Crippen molar-refractivity contribution in [3.8, 4) is 0 Å². The van der Waals surface area contributed by atoms with Crippen LogP contribution in [-0.4, -0.2) is 62.6 Å². The van der Waals surface area contributed by atoms with E-state index < -0.39 is 22.4 Å². The van der Waals surface area contributed by atoms with E-state index in [9.17, 15) is 9.59 Å². The van der Waals surface area contributed by atoms with Crippen LogP contribution >= 0.6 is 35.7 Å². The van der Waals surface area contributed by atoms with E-state index in [1.807, 2.05) is 0 Å². The standard InChI is InChI=1S/C11H18O6S3/c1-7(9(14)16-5-3-12)19-11(18)20-8(2)10(15)17-6-4-13/h7-8,12-13H,3-6H2,1-2H3. The smallest absolute Gasteiger partial charge is 0.319 e. The highest BCUT2D eigenvalue weighted by Crippen LogP contribution is 2.26. The summed E-state index contributed by atoms with van der Waals surface area (Å²) in [6.45, 7) is 2.71. The molecule has 0 spiro atoms. The molecule has 2 N–H and O–H groups in total. The van der Waals surface area contributed by atoms with E-state index in [0.29, 0.717) is 3.53 Å². The molecule has 116 valence electrons. The normalized spacial score (nSPS) is 13.4. The van der Waals surface area contributed by atoms with Gasteiger partial charge in [0.05, 0.1) is 13.2 Å². The second-order valence-corrected chi connectivity index (χ2v) is 7.44. The van der Waals surface area contributed by atoms with Gasteiger partial charge in [0.2, 0.25) is 0 Å². The Morgan fingerprint density at radius 3 is 1.65 bits per heavy atom. The second-order valence-electron chi connectivity index (χ2n) is 3.55. The molecule has 0 saturated heterocycles. The maximum atomic E-state index is 11.5. The van der Waals surface area contributed by atoms with Crippen molar-refractivity contribution in [3.63, 3.8) is 0 Å². The summed E-state index contributed by atoms with van der Waals surface area (Å²) in [5, 5.41) is 16.1. The highest BCUT2D eigenvalue weighted by atomic mass is 32.2. The third kappa shape index (κ3) is 8.75. The Kier molecular flexibility index (Phi) is 11.1. The highest BCUT2D eigenvalue weighted by Gasteiger charge is 2.22. The maximum absolute atomic E-state index is 11.5. The third-order valence-electron chi connectivity index (χ3n) is 1.88.